The van der Waals surface area contributed by atoms with Crippen molar-refractivity contribution in [3.05, 3.63) is 46.1 Å². The van der Waals surface area contributed by atoms with Crippen LogP contribution in [0, 0.1) is 12.8 Å². The summed E-state index contributed by atoms with van der Waals surface area (Å²) >= 11 is 1.34. The van der Waals surface area contributed by atoms with Crippen molar-refractivity contribution in [1.82, 2.24) is 15.3 Å². The molecule has 3 atom stereocenters. The predicted molar refractivity (Wildman–Crippen MR) is 153 cm³/mol. The quantitative estimate of drug-likeness (QED) is 0.437. The van der Waals surface area contributed by atoms with Crippen molar-refractivity contribution in [3.8, 4) is 0 Å². The third kappa shape index (κ3) is 6.57. The van der Waals surface area contributed by atoms with E-state index in [1.165, 1.54) is 17.8 Å². The zero-order chi connectivity index (χ0) is 27.1. The number of halogens is 1. The van der Waals surface area contributed by atoms with E-state index in [2.05, 4.69) is 35.1 Å². The maximum atomic E-state index is 13.1. The highest BCUT2D eigenvalue weighted by Gasteiger charge is 2.31. The summed E-state index contributed by atoms with van der Waals surface area (Å²) in [6.07, 6.45) is 3.57. The van der Waals surface area contributed by atoms with Crippen molar-refractivity contribution in [2.24, 2.45) is 11.7 Å². The van der Waals surface area contributed by atoms with Gasteiger partial charge in [0.05, 0.1) is 12.4 Å². The maximum Gasteiger partial charge on any atom is 0.263 e. The molecule has 0 radical (unpaired) electrons. The van der Waals surface area contributed by atoms with Gasteiger partial charge in [0.15, 0.2) is 0 Å². The summed E-state index contributed by atoms with van der Waals surface area (Å²) in [6, 6.07) is 7.75. The van der Waals surface area contributed by atoms with E-state index in [0.717, 1.165) is 52.2 Å². The summed E-state index contributed by atoms with van der Waals surface area (Å²) < 4.78 is 13.1. The van der Waals surface area contributed by atoms with E-state index in [9.17, 15) is 9.18 Å². The Morgan fingerprint density at radius 3 is 2.59 bits per heavy atom. The van der Waals surface area contributed by atoms with Crippen LogP contribution in [0.5, 0.6) is 0 Å². The van der Waals surface area contributed by atoms with Crippen molar-refractivity contribution >= 4 is 39.0 Å². The van der Waals surface area contributed by atoms with Crippen molar-refractivity contribution in [3.63, 3.8) is 0 Å². The number of hydrogen-bond donors (Lipinski definition) is 3. The number of carbonyl (C=O) groups is 1. The van der Waals surface area contributed by atoms with E-state index in [1.54, 1.807) is 0 Å². The van der Waals surface area contributed by atoms with Gasteiger partial charge in [-0.15, -0.1) is 11.3 Å². The number of anilines is 2. The predicted octanol–water partition coefficient (Wildman–Crippen LogP) is 5.04. The van der Waals surface area contributed by atoms with Crippen LogP contribution in [-0.4, -0.2) is 47.7 Å². The molecule has 7 nitrogen and oxygen atoms in total. The molecule has 9 heteroatoms. The standard InChI is InChI=1S/C23H27FN6OS.C3H8.C2H6/c1-12-2-5-16-20(26)21(32-23(16)27-12)22(31)28-15-4-6-18-13(8-15)3-7-19(29-18)30-10-14(9-24)17(25)11-30;1-3-2;1-2/h2-3,5,7,14-15,17H,4,6,8-11,25-26H2,1H3,(H,28,31);3H2,1-2H3;1-2H3. The van der Waals surface area contributed by atoms with Gasteiger partial charge in [0.25, 0.3) is 5.91 Å². The Hall–Kier alpha value is -2.78. The molecule has 5 N–H and O–H groups in total. The minimum Gasteiger partial charge on any atom is -0.397 e. The Bertz CT molecular complexity index is 1200. The summed E-state index contributed by atoms with van der Waals surface area (Å²) in [7, 11) is 0. The molecule has 4 heterocycles. The number of thiophene rings is 1. The van der Waals surface area contributed by atoms with Crippen LogP contribution in [0.15, 0.2) is 24.3 Å². The largest absolute Gasteiger partial charge is 0.397 e. The molecule has 1 aliphatic heterocycles. The third-order valence-corrected chi connectivity index (χ3v) is 7.65. The number of nitrogen functional groups attached to an aromatic ring is 1. The van der Waals surface area contributed by atoms with Crippen molar-refractivity contribution < 1.29 is 9.18 Å². The lowest BCUT2D eigenvalue weighted by Gasteiger charge is -2.26. The minimum absolute atomic E-state index is 0.0260. The molecule has 0 spiro atoms. The Morgan fingerprint density at radius 2 is 1.92 bits per heavy atom. The van der Waals surface area contributed by atoms with E-state index in [-0.39, 0.29) is 23.9 Å². The number of nitrogens with one attached hydrogen (secondary N) is 1. The van der Waals surface area contributed by atoms with Crippen LogP contribution < -0.4 is 21.7 Å². The highest BCUT2D eigenvalue weighted by atomic mass is 32.1. The topological polar surface area (TPSA) is 110 Å². The summed E-state index contributed by atoms with van der Waals surface area (Å²) in [4.78, 5) is 25.6. The first-order valence-electron chi connectivity index (χ1n) is 13.4. The Labute approximate surface area is 223 Å². The van der Waals surface area contributed by atoms with Crippen LogP contribution in [0.3, 0.4) is 0 Å². The van der Waals surface area contributed by atoms with Crippen LogP contribution >= 0.6 is 11.3 Å². The molecular weight excluding hydrogens is 487 g/mol. The number of fused-ring (bicyclic) bond motifs is 2. The van der Waals surface area contributed by atoms with Gasteiger partial charge in [-0.25, -0.2) is 9.97 Å². The summed E-state index contributed by atoms with van der Waals surface area (Å²) in [5, 5.41) is 3.98. The first kappa shape index (κ1) is 28.8. The monoisotopic (exact) mass is 528 g/mol. The number of pyridine rings is 2. The van der Waals surface area contributed by atoms with E-state index in [4.69, 9.17) is 16.5 Å². The highest BCUT2D eigenvalue weighted by Crippen LogP contribution is 2.33. The number of nitrogens with two attached hydrogens (primary N) is 2. The molecule has 0 aromatic carbocycles. The fourth-order valence-electron chi connectivity index (χ4n) is 4.65. The van der Waals surface area contributed by atoms with Gasteiger partial charge in [-0.2, -0.15) is 0 Å². The Balaban J connectivity index is 0.000000711. The van der Waals surface area contributed by atoms with Crippen LogP contribution in [0.2, 0.25) is 0 Å². The number of alkyl halides is 1. The first-order chi connectivity index (χ1) is 17.8. The van der Waals surface area contributed by atoms with Gasteiger partial charge in [-0.3, -0.25) is 9.18 Å². The number of hydrogen-bond acceptors (Lipinski definition) is 7. The second-order valence-electron chi connectivity index (χ2n) is 9.53. The minimum atomic E-state index is -0.399. The van der Waals surface area contributed by atoms with E-state index in [1.807, 2.05) is 39.0 Å². The van der Waals surface area contributed by atoms with Crippen LogP contribution in [-0.2, 0) is 12.8 Å². The smallest absolute Gasteiger partial charge is 0.263 e. The van der Waals surface area contributed by atoms with Gasteiger partial charge in [-0.1, -0.05) is 40.2 Å². The molecule has 5 rings (SSSR count). The zero-order valence-electron chi connectivity index (χ0n) is 22.7. The molecular formula is C28H41FN6OS. The third-order valence-electron chi connectivity index (χ3n) is 6.54. The number of amides is 1. The molecule has 37 heavy (non-hydrogen) atoms. The van der Waals surface area contributed by atoms with Crippen LogP contribution in [0.4, 0.5) is 15.9 Å². The molecule has 1 saturated heterocycles. The number of aromatic nitrogens is 2. The molecule has 2 aliphatic rings. The lowest BCUT2D eigenvalue weighted by Crippen LogP contribution is -2.39. The van der Waals surface area contributed by atoms with Crippen molar-refractivity contribution in [2.45, 2.75) is 72.4 Å². The number of aryl methyl sites for hydroxylation is 2. The SMILES string of the molecule is CC.CCC.Cc1ccc2c(N)c(C(=O)NC3CCc4nc(N5CC(N)C(CF)C5)ccc4C3)sc2n1. The van der Waals surface area contributed by atoms with Crippen LogP contribution in [0.25, 0.3) is 10.2 Å². The average Bonchev–Trinajstić information content (AvgIpc) is 3.44. The lowest BCUT2D eigenvalue weighted by molar-refractivity contribution is 0.0938. The molecule has 1 aliphatic carbocycles. The van der Waals surface area contributed by atoms with Gasteiger partial charge in [-0.05, 0) is 49.9 Å². The normalized spacial score (nSPS) is 20.4. The van der Waals surface area contributed by atoms with E-state index >= 15 is 0 Å². The second kappa shape index (κ2) is 13.1. The summed E-state index contributed by atoms with van der Waals surface area (Å²) in [6.45, 7) is 11.0. The first-order valence-corrected chi connectivity index (χ1v) is 14.2. The molecule has 1 fully saturated rings. The maximum absolute atomic E-state index is 13.1. The van der Waals surface area contributed by atoms with Crippen molar-refractivity contribution in [2.75, 3.05) is 30.4 Å². The highest BCUT2D eigenvalue weighted by molar-refractivity contribution is 7.21. The number of nitrogens with zero attached hydrogens (tertiary/aromatic N) is 3. The van der Waals surface area contributed by atoms with Gasteiger partial charge in [0.1, 0.15) is 15.5 Å². The molecule has 0 bridgehead atoms. The summed E-state index contributed by atoms with van der Waals surface area (Å²) in [5.41, 5.74) is 15.9. The fourth-order valence-corrected chi connectivity index (χ4v) is 5.70. The molecule has 0 saturated carbocycles. The molecule has 3 aromatic heterocycles. The average molecular weight is 529 g/mol. The summed E-state index contributed by atoms with van der Waals surface area (Å²) in [5.74, 6) is 0.579. The Morgan fingerprint density at radius 1 is 1.19 bits per heavy atom. The number of rotatable bonds is 4. The van der Waals surface area contributed by atoms with E-state index < -0.39 is 6.67 Å². The van der Waals surface area contributed by atoms with Crippen molar-refractivity contribution in [1.29, 1.82) is 0 Å². The molecule has 1 amide bonds. The van der Waals surface area contributed by atoms with Gasteiger partial charge in [0, 0.05) is 47.9 Å². The van der Waals surface area contributed by atoms with E-state index in [0.29, 0.717) is 23.7 Å². The lowest BCUT2D eigenvalue weighted by atomic mass is 9.91. The van der Waals surface area contributed by atoms with Gasteiger partial charge in [0.2, 0.25) is 0 Å². The Kier molecular flexibility index (Phi) is 10.2. The second-order valence-corrected chi connectivity index (χ2v) is 10.5. The number of carbonyl (C=O) groups excluding carboxylic acids is 1. The molecule has 3 unspecified atom stereocenters. The fraction of sp³-hybridized carbons (Fsp3) is 0.536. The van der Waals surface area contributed by atoms with Gasteiger partial charge >= 0.3 is 0 Å². The van der Waals surface area contributed by atoms with Gasteiger partial charge < -0.3 is 21.7 Å². The molecule has 202 valence electrons. The zero-order valence-corrected chi connectivity index (χ0v) is 23.5. The molecule has 3 aromatic rings. The van der Waals surface area contributed by atoms with Crippen LogP contribution in [0.1, 0.15) is 67.2 Å².